The Morgan fingerprint density at radius 3 is 2.50 bits per heavy atom. The second-order valence-corrected chi connectivity index (χ2v) is 10.7. The highest BCUT2D eigenvalue weighted by Crippen LogP contribution is 2.52. The first-order valence-corrected chi connectivity index (χ1v) is 12.9. The molecule has 0 spiro atoms. The van der Waals surface area contributed by atoms with Gasteiger partial charge in [0.05, 0.1) is 42.6 Å². The van der Waals surface area contributed by atoms with E-state index in [9.17, 15) is 29.7 Å². The lowest BCUT2D eigenvalue weighted by atomic mass is 9.72. The van der Waals surface area contributed by atoms with Gasteiger partial charge in [-0.05, 0) is 31.7 Å². The second-order valence-electron chi connectivity index (χ2n) is 10.7. The predicted molar refractivity (Wildman–Crippen MR) is 135 cm³/mol. The molecule has 0 amide bonds. The Kier molecular flexibility index (Phi) is 6.79. The molecular formula is C29H32O9. The highest BCUT2D eigenvalue weighted by atomic mass is 16.5. The summed E-state index contributed by atoms with van der Waals surface area (Å²) in [6.07, 6.45) is 0.550. The summed E-state index contributed by atoms with van der Waals surface area (Å²) in [6, 6.07) is 4.54. The molecule has 38 heavy (non-hydrogen) atoms. The Bertz CT molecular complexity index is 1320. The normalized spacial score (nSPS) is 27.0. The van der Waals surface area contributed by atoms with Crippen LogP contribution in [0.2, 0.25) is 0 Å². The number of carbonyl (C=O) groups excluding carboxylic acids is 3. The molecule has 2 aromatic rings. The van der Waals surface area contributed by atoms with Gasteiger partial charge < -0.3 is 29.5 Å². The van der Waals surface area contributed by atoms with Crippen molar-refractivity contribution < 1.29 is 43.9 Å². The summed E-state index contributed by atoms with van der Waals surface area (Å²) in [4.78, 5) is 39.7. The van der Waals surface area contributed by atoms with Crippen LogP contribution in [0.5, 0.6) is 17.2 Å². The Hall–Kier alpha value is -3.27. The van der Waals surface area contributed by atoms with E-state index < -0.39 is 46.7 Å². The van der Waals surface area contributed by atoms with Crippen LogP contribution in [-0.4, -0.2) is 64.7 Å². The SMILES string of the molecule is COc1cccc2c1C(=O)c1c(O)c3c(c(O)c1C2=O)CC(O)(C(C)=O)CC3OC1CCCC(C)COC1. The van der Waals surface area contributed by atoms with Crippen LogP contribution in [-0.2, 0) is 20.7 Å². The van der Waals surface area contributed by atoms with Gasteiger partial charge in [0, 0.05) is 36.1 Å². The van der Waals surface area contributed by atoms with Gasteiger partial charge in [-0.1, -0.05) is 25.5 Å². The van der Waals surface area contributed by atoms with Crippen LogP contribution in [0.1, 0.15) is 88.6 Å². The minimum Gasteiger partial charge on any atom is -0.507 e. The molecule has 0 saturated carbocycles. The van der Waals surface area contributed by atoms with Crippen molar-refractivity contribution in [3.05, 3.63) is 51.6 Å². The molecule has 3 aliphatic rings. The van der Waals surface area contributed by atoms with E-state index in [1.165, 1.54) is 20.1 Å². The van der Waals surface area contributed by atoms with Crippen molar-refractivity contribution in [1.29, 1.82) is 0 Å². The molecule has 2 aliphatic carbocycles. The van der Waals surface area contributed by atoms with E-state index in [1.807, 2.05) is 0 Å². The topological polar surface area (TPSA) is 140 Å². The molecule has 9 heteroatoms. The third-order valence-electron chi connectivity index (χ3n) is 8.02. The van der Waals surface area contributed by atoms with Crippen molar-refractivity contribution >= 4 is 17.3 Å². The summed E-state index contributed by atoms with van der Waals surface area (Å²) in [5.41, 5.74) is -2.45. The summed E-state index contributed by atoms with van der Waals surface area (Å²) in [5, 5.41) is 34.2. The quantitative estimate of drug-likeness (QED) is 0.438. The van der Waals surface area contributed by atoms with Crippen LogP contribution in [0.15, 0.2) is 18.2 Å². The molecule has 1 heterocycles. The maximum atomic E-state index is 13.7. The summed E-state index contributed by atoms with van der Waals surface area (Å²) in [6.45, 7) is 4.22. The summed E-state index contributed by atoms with van der Waals surface area (Å²) < 4.78 is 17.4. The van der Waals surface area contributed by atoms with Gasteiger partial charge in [-0.2, -0.15) is 0 Å². The number of rotatable bonds is 4. The Morgan fingerprint density at radius 2 is 1.79 bits per heavy atom. The van der Waals surface area contributed by atoms with Crippen molar-refractivity contribution in [1.82, 2.24) is 0 Å². The van der Waals surface area contributed by atoms with Crippen LogP contribution in [0.3, 0.4) is 0 Å². The fourth-order valence-electron chi connectivity index (χ4n) is 5.90. The number of phenols is 2. The van der Waals surface area contributed by atoms with Gasteiger partial charge in [-0.3, -0.25) is 14.4 Å². The van der Waals surface area contributed by atoms with Gasteiger partial charge in [-0.15, -0.1) is 0 Å². The Balaban J connectivity index is 1.65. The summed E-state index contributed by atoms with van der Waals surface area (Å²) >= 11 is 0. The number of phenolic OH excluding ortho intramolecular Hbond substituents is 2. The average Bonchev–Trinajstić information content (AvgIpc) is 2.87. The first-order chi connectivity index (χ1) is 18.1. The van der Waals surface area contributed by atoms with E-state index in [4.69, 9.17) is 14.2 Å². The number of methoxy groups -OCH3 is 1. The maximum absolute atomic E-state index is 13.7. The Morgan fingerprint density at radius 1 is 1.05 bits per heavy atom. The van der Waals surface area contributed by atoms with Gasteiger partial charge >= 0.3 is 0 Å². The predicted octanol–water partition coefficient (Wildman–Crippen LogP) is 3.41. The molecule has 3 N–H and O–H groups in total. The number of benzene rings is 2. The van der Waals surface area contributed by atoms with E-state index in [0.717, 1.165) is 12.8 Å². The third-order valence-corrected chi connectivity index (χ3v) is 8.02. The zero-order chi connectivity index (χ0) is 27.4. The fourth-order valence-corrected chi connectivity index (χ4v) is 5.90. The third kappa shape index (κ3) is 4.19. The molecule has 202 valence electrons. The number of ketones is 3. The lowest BCUT2D eigenvalue weighted by Gasteiger charge is -2.40. The molecule has 0 radical (unpaired) electrons. The zero-order valence-electron chi connectivity index (χ0n) is 21.7. The van der Waals surface area contributed by atoms with E-state index in [0.29, 0.717) is 18.9 Å². The number of aromatic hydroxyl groups is 2. The van der Waals surface area contributed by atoms with Gasteiger partial charge in [0.1, 0.15) is 22.8 Å². The number of fused-ring (bicyclic) bond motifs is 3. The number of hydrogen-bond acceptors (Lipinski definition) is 9. The lowest BCUT2D eigenvalue weighted by Crippen LogP contribution is -2.45. The van der Waals surface area contributed by atoms with Crippen molar-refractivity contribution in [2.45, 2.75) is 63.8 Å². The van der Waals surface area contributed by atoms with Crippen molar-refractivity contribution in [2.75, 3.05) is 20.3 Å². The highest BCUT2D eigenvalue weighted by Gasteiger charge is 2.48. The largest absolute Gasteiger partial charge is 0.507 e. The number of aliphatic hydroxyl groups is 1. The standard InChI is InChI=1S/C29H32O9/c1-14-6-4-7-16(13-37-12-14)38-20-11-29(35,15(2)30)10-18-22(20)28(34)24-23(26(18)32)25(31)17-8-5-9-19(36-3)21(17)27(24)33/h5,8-9,14,16,20,32,34-35H,4,6-7,10-13H2,1-3H3. The zero-order valence-corrected chi connectivity index (χ0v) is 21.7. The smallest absolute Gasteiger partial charge is 0.202 e. The van der Waals surface area contributed by atoms with Crippen molar-refractivity contribution in [3.8, 4) is 17.2 Å². The molecule has 1 aliphatic heterocycles. The van der Waals surface area contributed by atoms with Gasteiger partial charge in [0.2, 0.25) is 5.78 Å². The second kappa shape index (κ2) is 9.80. The van der Waals surface area contributed by atoms with E-state index in [2.05, 4.69) is 6.92 Å². The van der Waals surface area contributed by atoms with Crippen LogP contribution in [0.4, 0.5) is 0 Å². The molecule has 1 fully saturated rings. The fraction of sp³-hybridized carbons (Fsp3) is 0.483. The molecule has 9 nitrogen and oxygen atoms in total. The summed E-state index contributed by atoms with van der Waals surface area (Å²) in [7, 11) is 1.37. The molecule has 5 rings (SSSR count). The molecule has 2 aromatic carbocycles. The van der Waals surface area contributed by atoms with E-state index in [-0.39, 0.29) is 58.6 Å². The van der Waals surface area contributed by atoms with Crippen LogP contribution >= 0.6 is 0 Å². The van der Waals surface area contributed by atoms with Crippen LogP contribution in [0.25, 0.3) is 0 Å². The number of ether oxygens (including phenoxy) is 3. The minimum atomic E-state index is -1.89. The number of hydrogen-bond donors (Lipinski definition) is 3. The minimum absolute atomic E-state index is 0.00166. The van der Waals surface area contributed by atoms with Crippen molar-refractivity contribution in [2.24, 2.45) is 5.92 Å². The van der Waals surface area contributed by atoms with E-state index >= 15 is 0 Å². The molecule has 0 bridgehead atoms. The monoisotopic (exact) mass is 524 g/mol. The van der Waals surface area contributed by atoms with E-state index in [1.54, 1.807) is 12.1 Å². The van der Waals surface area contributed by atoms with Gasteiger partial charge in [0.25, 0.3) is 0 Å². The van der Waals surface area contributed by atoms with Crippen LogP contribution < -0.4 is 4.74 Å². The van der Waals surface area contributed by atoms with Crippen LogP contribution in [0, 0.1) is 5.92 Å². The van der Waals surface area contributed by atoms with Gasteiger partial charge in [-0.25, -0.2) is 0 Å². The molecule has 0 aromatic heterocycles. The number of carbonyl (C=O) groups is 3. The van der Waals surface area contributed by atoms with Gasteiger partial charge in [0.15, 0.2) is 11.6 Å². The molecule has 4 unspecified atom stereocenters. The number of Topliss-reactive ketones (excluding diaryl/α,β-unsaturated/α-hetero) is 1. The average molecular weight is 525 g/mol. The lowest BCUT2D eigenvalue weighted by molar-refractivity contribution is -0.146. The molecular weight excluding hydrogens is 492 g/mol. The Labute approximate surface area is 220 Å². The maximum Gasteiger partial charge on any atom is 0.202 e. The molecule has 1 saturated heterocycles. The first kappa shape index (κ1) is 26.3. The molecule has 4 atom stereocenters. The first-order valence-electron chi connectivity index (χ1n) is 12.9. The highest BCUT2D eigenvalue weighted by molar-refractivity contribution is 6.31. The van der Waals surface area contributed by atoms with Crippen molar-refractivity contribution in [3.63, 3.8) is 0 Å². The summed E-state index contributed by atoms with van der Waals surface area (Å²) in [5.74, 6) is -2.33.